The quantitative estimate of drug-likeness (QED) is 0.751. The molecule has 0 bridgehead atoms. The molecule has 9 heteroatoms. The van der Waals surface area contributed by atoms with Gasteiger partial charge in [0.15, 0.2) is 0 Å². The molecular weight excluding hydrogens is 349 g/mol. The van der Waals surface area contributed by atoms with Crippen molar-refractivity contribution < 1.29 is 12.8 Å². The molecule has 2 aromatic heterocycles. The Hall–Kier alpha value is -2.08. The lowest BCUT2D eigenvalue weighted by Gasteiger charge is -2.07. The van der Waals surface area contributed by atoms with Gasteiger partial charge < -0.3 is 4.98 Å². The number of H-pyrrole nitrogens is 1. The molecule has 0 aliphatic heterocycles. The summed E-state index contributed by atoms with van der Waals surface area (Å²) < 4.78 is 41.7. The molecule has 1 aromatic carbocycles. The fraction of sp³-hybridized carbons (Fsp3) is 0. The molecular formula is C13H7ClFN3O2S2. The summed E-state index contributed by atoms with van der Waals surface area (Å²) in [5.41, 5.74) is 0.473. The number of benzene rings is 1. The Kier molecular flexibility index (Phi) is 3.56. The Morgan fingerprint density at radius 3 is 2.82 bits per heavy atom. The topological polar surface area (TPSA) is 85.8 Å². The number of nitrogens with one attached hydrogen (secondary N) is 2. The van der Waals surface area contributed by atoms with Gasteiger partial charge in [0.25, 0.3) is 10.0 Å². The third-order valence-electron chi connectivity index (χ3n) is 2.92. The first kappa shape index (κ1) is 14.8. The summed E-state index contributed by atoms with van der Waals surface area (Å²) in [7, 11) is -3.98. The molecule has 2 N–H and O–H groups in total. The van der Waals surface area contributed by atoms with E-state index in [2.05, 4.69) is 9.71 Å². The van der Waals surface area contributed by atoms with Crippen LogP contribution in [0.15, 0.2) is 35.4 Å². The van der Waals surface area contributed by atoms with Gasteiger partial charge in [0.05, 0.1) is 31.9 Å². The molecule has 0 spiro atoms. The molecule has 5 nitrogen and oxygen atoms in total. The maximum absolute atomic E-state index is 13.8. The van der Waals surface area contributed by atoms with Crippen molar-refractivity contribution in [2.45, 2.75) is 4.90 Å². The molecule has 3 rings (SSSR count). The van der Waals surface area contributed by atoms with E-state index in [1.807, 2.05) is 0 Å². The van der Waals surface area contributed by atoms with E-state index < -0.39 is 15.8 Å². The first-order chi connectivity index (χ1) is 10.4. The van der Waals surface area contributed by atoms with E-state index in [1.54, 1.807) is 12.1 Å². The van der Waals surface area contributed by atoms with Crippen LogP contribution in [-0.4, -0.2) is 13.4 Å². The summed E-state index contributed by atoms with van der Waals surface area (Å²) in [4.78, 5) is 2.79. The normalized spacial score (nSPS) is 11.5. The molecule has 0 saturated carbocycles. The van der Waals surface area contributed by atoms with E-state index in [9.17, 15) is 12.8 Å². The molecule has 0 radical (unpaired) electrons. The number of hydrogen-bond acceptors (Lipinski definition) is 4. The lowest BCUT2D eigenvalue weighted by molar-refractivity contribution is 0.599. The third-order valence-corrected chi connectivity index (χ3v) is 5.73. The highest BCUT2D eigenvalue weighted by molar-refractivity contribution is 7.93. The first-order valence-corrected chi connectivity index (χ1v) is 8.57. The van der Waals surface area contributed by atoms with E-state index in [1.165, 1.54) is 18.3 Å². The van der Waals surface area contributed by atoms with Crippen LogP contribution in [0.25, 0.3) is 10.2 Å². The zero-order valence-corrected chi connectivity index (χ0v) is 13.1. The highest BCUT2D eigenvalue weighted by Gasteiger charge is 2.22. The van der Waals surface area contributed by atoms with Gasteiger partial charge in [0.1, 0.15) is 10.7 Å². The van der Waals surface area contributed by atoms with Crippen LogP contribution in [0.1, 0.15) is 5.56 Å². The maximum Gasteiger partial charge on any atom is 0.264 e. The summed E-state index contributed by atoms with van der Waals surface area (Å²) in [5.74, 6) is -0.821. The summed E-state index contributed by atoms with van der Waals surface area (Å²) in [6.07, 6.45) is 1.32. The van der Waals surface area contributed by atoms with Gasteiger partial charge in [-0.15, -0.1) is 11.3 Å². The van der Waals surface area contributed by atoms with Crippen LogP contribution in [0.3, 0.4) is 0 Å². The molecule has 2 heterocycles. The maximum atomic E-state index is 13.8. The molecule has 112 valence electrons. The second-order valence-electron chi connectivity index (χ2n) is 4.36. The number of nitrogens with zero attached hydrogens (tertiary/aromatic N) is 1. The number of aromatic amines is 1. The Morgan fingerprint density at radius 2 is 2.14 bits per heavy atom. The van der Waals surface area contributed by atoms with Crippen molar-refractivity contribution in [2.75, 3.05) is 4.72 Å². The number of anilines is 1. The summed E-state index contributed by atoms with van der Waals surface area (Å²) >= 11 is 6.97. The van der Waals surface area contributed by atoms with Gasteiger partial charge in [-0.2, -0.15) is 5.26 Å². The minimum atomic E-state index is -3.98. The average Bonchev–Trinajstić information content (AvgIpc) is 2.99. The van der Waals surface area contributed by atoms with Crippen molar-refractivity contribution in [2.24, 2.45) is 0 Å². The van der Waals surface area contributed by atoms with Crippen molar-refractivity contribution in [3.63, 3.8) is 0 Å². The monoisotopic (exact) mass is 355 g/mol. The number of rotatable bonds is 3. The minimum Gasteiger partial charge on any atom is -0.359 e. The van der Waals surface area contributed by atoms with Crippen LogP contribution in [-0.2, 0) is 10.0 Å². The second kappa shape index (κ2) is 5.28. The SMILES string of the molecule is N#Cc1ccc(NS(=O)(=O)c2c[nH]c3cc(Cl)sc23)c(F)c1. The predicted octanol–water partition coefficient (Wildman–Crippen LogP) is 3.69. The third kappa shape index (κ3) is 2.54. The Bertz CT molecular complexity index is 1020. The Morgan fingerprint density at radius 1 is 1.36 bits per heavy atom. The number of sulfonamides is 1. The van der Waals surface area contributed by atoms with E-state index in [0.717, 1.165) is 17.4 Å². The lowest BCUT2D eigenvalue weighted by atomic mass is 10.2. The Labute approximate surface area is 134 Å². The number of hydrogen-bond donors (Lipinski definition) is 2. The molecule has 0 aliphatic carbocycles. The number of nitriles is 1. The average molecular weight is 356 g/mol. The van der Waals surface area contributed by atoms with Crippen LogP contribution in [0.5, 0.6) is 0 Å². The first-order valence-electron chi connectivity index (χ1n) is 5.89. The van der Waals surface area contributed by atoms with Crippen molar-refractivity contribution >= 4 is 48.9 Å². The fourth-order valence-electron chi connectivity index (χ4n) is 1.93. The van der Waals surface area contributed by atoms with Crippen LogP contribution < -0.4 is 4.72 Å². The van der Waals surface area contributed by atoms with Crippen molar-refractivity contribution in [3.05, 3.63) is 46.2 Å². The highest BCUT2D eigenvalue weighted by atomic mass is 35.5. The minimum absolute atomic E-state index is 0.0110. The van der Waals surface area contributed by atoms with Gasteiger partial charge in [-0.25, -0.2) is 12.8 Å². The van der Waals surface area contributed by atoms with Crippen LogP contribution >= 0.6 is 22.9 Å². The number of fused-ring (bicyclic) bond motifs is 1. The Balaban J connectivity index is 2.02. The van der Waals surface area contributed by atoms with Gasteiger partial charge in [-0.1, -0.05) is 11.6 Å². The molecule has 0 unspecified atom stereocenters. The molecule has 0 aliphatic rings. The van der Waals surface area contributed by atoms with Crippen LogP contribution in [0.4, 0.5) is 10.1 Å². The van der Waals surface area contributed by atoms with Gasteiger partial charge >= 0.3 is 0 Å². The zero-order valence-electron chi connectivity index (χ0n) is 10.7. The standard InChI is InChI=1S/C13H7ClFN3O2S2/c14-12-4-10-13(21-12)11(6-17-10)22(19,20)18-9-2-1-7(5-16)3-8(9)15/h1-4,6,17-18H. The lowest BCUT2D eigenvalue weighted by Crippen LogP contribution is -2.13. The van der Waals surface area contributed by atoms with Crippen molar-refractivity contribution in [1.29, 1.82) is 5.26 Å². The van der Waals surface area contributed by atoms with Gasteiger partial charge in [-0.3, -0.25) is 4.72 Å². The highest BCUT2D eigenvalue weighted by Crippen LogP contribution is 2.34. The molecule has 0 saturated heterocycles. The summed E-state index contributed by atoms with van der Waals surface area (Å²) in [5, 5.41) is 8.69. The summed E-state index contributed by atoms with van der Waals surface area (Å²) in [6, 6.07) is 6.89. The van der Waals surface area contributed by atoms with Crippen molar-refractivity contribution in [3.8, 4) is 6.07 Å². The fourth-order valence-corrected chi connectivity index (χ4v) is 4.61. The van der Waals surface area contributed by atoms with Crippen molar-refractivity contribution in [1.82, 2.24) is 4.98 Å². The van der Waals surface area contributed by atoms with Crippen LogP contribution in [0.2, 0.25) is 4.34 Å². The van der Waals surface area contributed by atoms with E-state index >= 15 is 0 Å². The number of halogens is 2. The largest absolute Gasteiger partial charge is 0.359 e. The van der Waals surface area contributed by atoms with E-state index in [4.69, 9.17) is 16.9 Å². The molecule has 0 amide bonds. The molecule has 0 fully saturated rings. The molecule has 0 atom stereocenters. The zero-order chi connectivity index (χ0) is 15.9. The number of thiophene rings is 1. The second-order valence-corrected chi connectivity index (χ2v) is 7.69. The van der Waals surface area contributed by atoms with Gasteiger partial charge in [-0.05, 0) is 24.3 Å². The van der Waals surface area contributed by atoms with Crippen LogP contribution in [0, 0.1) is 17.1 Å². The van der Waals surface area contributed by atoms with E-state index in [-0.39, 0.29) is 16.1 Å². The number of aromatic nitrogens is 1. The van der Waals surface area contributed by atoms with E-state index in [0.29, 0.717) is 14.6 Å². The smallest absolute Gasteiger partial charge is 0.264 e. The van der Waals surface area contributed by atoms with Gasteiger partial charge in [0, 0.05) is 6.20 Å². The molecule has 22 heavy (non-hydrogen) atoms. The molecule has 3 aromatic rings. The summed E-state index contributed by atoms with van der Waals surface area (Å²) in [6.45, 7) is 0. The predicted molar refractivity (Wildman–Crippen MR) is 83.1 cm³/mol. The van der Waals surface area contributed by atoms with Gasteiger partial charge in [0.2, 0.25) is 0 Å².